The Kier molecular flexibility index (Phi) is 6.60. The van der Waals surface area contributed by atoms with Crippen LogP contribution in [0, 0.1) is 11.6 Å². The second-order valence-electron chi connectivity index (χ2n) is 7.62. The van der Waals surface area contributed by atoms with Crippen molar-refractivity contribution in [2.45, 2.75) is 32.4 Å². The van der Waals surface area contributed by atoms with Gasteiger partial charge in [0.05, 0.1) is 0 Å². The van der Waals surface area contributed by atoms with Gasteiger partial charge in [0.2, 0.25) is 5.88 Å². The van der Waals surface area contributed by atoms with Crippen molar-refractivity contribution in [2.75, 3.05) is 11.9 Å². The molecule has 0 bridgehead atoms. The minimum Gasteiger partial charge on any atom is -0.389 e. The zero-order chi connectivity index (χ0) is 23.5. The van der Waals surface area contributed by atoms with Crippen LogP contribution in [0.15, 0.2) is 42.5 Å². The normalized spacial score (nSPS) is 12.7. The van der Waals surface area contributed by atoms with Gasteiger partial charge in [-0.3, -0.25) is 14.3 Å². The number of nitrogens with zero attached hydrogens (tertiary/aromatic N) is 3. The molecule has 2 heterocycles. The van der Waals surface area contributed by atoms with Gasteiger partial charge >= 0.3 is 6.09 Å². The number of carbonyl (C=O) groups excluding carboxylic acids is 2. The molecule has 0 radical (unpaired) electrons. The lowest BCUT2D eigenvalue weighted by atomic mass is 10.2. The molecule has 10 heteroatoms. The molecule has 172 valence electrons. The molecule has 1 aliphatic rings. The van der Waals surface area contributed by atoms with E-state index in [1.54, 1.807) is 28.8 Å². The number of amides is 2. The third kappa shape index (κ3) is 4.98. The third-order valence-electron chi connectivity index (χ3n) is 5.34. The molecule has 0 saturated carbocycles. The molecule has 1 N–H and O–H groups in total. The summed E-state index contributed by atoms with van der Waals surface area (Å²) in [5, 5.41) is 2.87. The fourth-order valence-electron chi connectivity index (χ4n) is 3.63. The van der Waals surface area contributed by atoms with Gasteiger partial charge in [-0.05, 0) is 37.1 Å². The number of ether oxygens (including phenoxy) is 1. The van der Waals surface area contributed by atoms with Crippen LogP contribution in [0.3, 0.4) is 0 Å². The average molecular weight is 475 g/mol. The molecule has 0 saturated heterocycles. The minimum atomic E-state index is -0.850. The van der Waals surface area contributed by atoms with Gasteiger partial charge in [0.15, 0.2) is 5.82 Å². The maximum atomic E-state index is 13.9. The van der Waals surface area contributed by atoms with Crippen molar-refractivity contribution >= 4 is 29.4 Å². The SMILES string of the molecule is CN(C(=O)c1cccc(Cl)c1)c1nc2n(c1OC(=O)NCc1ccc(F)cc1F)CCCC2. The number of aryl methyl sites for hydroxylation is 1. The van der Waals surface area contributed by atoms with E-state index < -0.39 is 17.7 Å². The van der Waals surface area contributed by atoms with E-state index in [1.807, 2.05) is 0 Å². The van der Waals surface area contributed by atoms with Crippen molar-refractivity contribution in [1.29, 1.82) is 0 Å². The lowest BCUT2D eigenvalue weighted by molar-refractivity contribution is 0.0991. The molecule has 0 unspecified atom stereocenters. The van der Waals surface area contributed by atoms with Gasteiger partial charge in [-0.2, -0.15) is 0 Å². The topological polar surface area (TPSA) is 76.5 Å². The van der Waals surface area contributed by atoms with Crippen LogP contribution in [-0.2, 0) is 19.5 Å². The van der Waals surface area contributed by atoms with Crippen molar-refractivity contribution in [3.63, 3.8) is 0 Å². The second kappa shape index (κ2) is 9.58. The third-order valence-corrected chi connectivity index (χ3v) is 5.57. The lowest BCUT2D eigenvalue weighted by Crippen LogP contribution is -2.30. The van der Waals surface area contributed by atoms with E-state index in [0.29, 0.717) is 29.4 Å². The predicted molar refractivity (Wildman–Crippen MR) is 119 cm³/mol. The summed E-state index contributed by atoms with van der Waals surface area (Å²) >= 11 is 6.01. The Bertz CT molecular complexity index is 1210. The van der Waals surface area contributed by atoms with Crippen molar-refractivity contribution in [1.82, 2.24) is 14.9 Å². The van der Waals surface area contributed by atoms with Crippen molar-refractivity contribution in [3.8, 4) is 5.88 Å². The van der Waals surface area contributed by atoms with Crippen LogP contribution in [0.1, 0.15) is 34.6 Å². The standard InChI is InChI=1S/C23H21ClF2N4O3/c1-29(21(31)14-5-4-6-16(24)11-14)20-22(30-10-3-2-7-19(30)28-20)33-23(32)27-13-15-8-9-17(25)12-18(15)26/h4-6,8-9,11-12H,2-3,7,10,13H2,1H3,(H,27,32). The van der Waals surface area contributed by atoms with Crippen LogP contribution in [0.25, 0.3) is 0 Å². The molecular formula is C23H21ClF2N4O3. The minimum absolute atomic E-state index is 0.108. The molecule has 2 aromatic carbocycles. The molecule has 4 rings (SSSR count). The first-order valence-electron chi connectivity index (χ1n) is 10.4. The number of fused-ring (bicyclic) bond motifs is 1. The van der Waals surface area contributed by atoms with Crippen LogP contribution in [0.4, 0.5) is 19.4 Å². The number of hydrogen-bond donors (Lipinski definition) is 1. The molecular weight excluding hydrogens is 454 g/mol. The first-order valence-corrected chi connectivity index (χ1v) is 10.7. The fourth-order valence-corrected chi connectivity index (χ4v) is 3.82. The summed E-state index contributed by atoms with van der Waals surface area (Å²) in [6.07, 6.45) is 1.63. The Labute approximate surface area is 193 Å². The quantitative estimate of drug-likeness (QED) is 0.580. The zero-order valence-electron chi connectivity index (χ0n) is 17.8. The number of halogens is 3. The number of aromatic nitrogens is 2. The van der Waals surface area contributed by atoms with E-state index in [0.717, 1.165) is 25.0 Å². The Morgan fingerprint density at radius 2 is 2.03 bits per heavy atom. The van der Waals surface area contributed by atoms with Crippen LogP contribution in [-0.4, -0.2) is 28.6 Å². The highest BCUT2D eigenvalue weighted by atomic mass is 35.5. The van der Waals surface area contributed by atoms with Gasteiger partial charge < -0.3 is 10.1 Å². The number of hydrogen-bond acceptors (Lipinski definition) is 4. The Balaban J connectivity index is 1.56. The van der Waals surface area contributed by atoms with E-state index in [-0.39, 0.29) is 29.7 Å². The number of nitrogens with one attached hydrogen (secondary N) is 1. The molecule has 0 fully saturated rings. The van der Waals surface area contributed by atoms with Crippen LogP contribution >= 0.6 is 11.6 Å². The number of rotatable bonds is 5. The molecule has 2 amide bonds. The monoisotopic (exact) mass is 474 g/mol. The predicted octanol–water partition coefficient (Wildman–Crippen LogP) is 4.72. The number of benzene rings is 2. The van der Waals surface area contributed by atoms with Gasteiger partial charge in [-0.15, -0.1) is 0 Å². The molecule has 7 nitrogen and oxygen atoms in total. The summed E-state index contributed by atoms with van der Waals surface area (Å²) in [6.45, 7) is 0.384. The first kappa shape index (κ1) is 22.7. The van der Waals surface area contributed by atoms with Crippen molar-refractivity contribution in [3.05, 3.63) is 76.1 Å². The molecule has 3 aromatic rings. The maximum absolute atomic E-state index is 13.9. The summed E-state index contributed by atoms with van der Waals surface area (Å²) in [5.41, 5.74) is 0.468. The Morgan fingerprint density at radius 1 is 1.21 bits per heavy atom. The summed E-state index contributed by atoms with van der Waals surface area (Å²) in [5.74, 6) is -0.827. The first-order chi connectivity index (χ1) is 15.8. The van der Waals surface area contributed by atoms with Gasteiger partial charge in [0.1, 0.15) is 17.5 Å². The molecule has 1 aromatic heterocycles. The molecule has 0 spiro atoms. The van der Waals surface area contributed by atoms with Crippen molar-refractivity contribution < 1.29 is 23.1 Å². The highest BCUT2D eigenvalue weighted by Crippen LogP contribution is 2.33. The molecule has 0 atom stereocenters. The highest BCUT2D eigenvalue weighted by Gasteiger charge is 2.28. The van der Waals surface area contributed by atoms with Gasteiger partial charge in [-0.25, -0.2) is 18.6 Å². The lowest BCUT2D eigenvalue weighted by Gasteiger charge is -2.18. The van der Waals surface area contributed by atoms with Gasteiger partial charge in [-0.1, -0.05) is 23.7 Å². The van der Waals surface area contributed by atoms with Crippen LogP contribution in [0.2, 0.25) is 5.02 Å². The van der Waals surface area contributed by atoms with Gasteiger partial charge in [0.25, 0.3) is 5.91 Å². The molecule has 1 aliphatic heterocycles. The summed E-state index contributed by atoms with van der Waals surface area (Å²) in [4.78, 5) is 31.4. The summed E-state index contributed by atoms with van der Waals surface area (Å²) < 4.78 is 34.2. The zero-order valence-corrected chi connectivity index (χ0v) is 18.5. The van der Waals surface area contributed by atoms with E-state index in [2.05, 4.69) is 10.3 Å². The molecule has 0 aliphatic carbocycles. The number of anilines is 1. The fraction of sp³-hybridized carbons (Fsp3) is 0.261. The number of imidazole rings is 1. The Hall–Kier alpha value is -3.46. The molecule has 33 heavy (non-hydrogen) atoms. The van der Waals surface area contributed by atoms with Crippen molar-refractivity contribution in [2.24, 2.45) is 0 Å². The Morgan fingerprint density at radius 3 is 2.79 bits per heavy atom. The van der Waals surface area contributed by atoms with E-state index >= 15 is 0 Å². The van der Waals surface area contributed by atoms with Gasteiger partial charge in [0, 0.05) is 48.8 Å². The average Bonchev–Trinajstić information content (AvgIpc) is 3.16. The largest absolute Gasteiger partial charge is 0.414 e. The number of carbonyl (C=O) groups is 2. The summed E-state index contributed by atoms with van der Waals surface area (Å²) in [6, 6.07) is 9.59. The summed E-state index contributed by atoms with van der Waals surface area (Å²) in [7, 11) is 1.54. The van der Waals surface area contributed by atoms with E-state index in [1.165, 1.54) is 18.0 Å². The maximum Gasteiger partial charge on any atom is 0.414 e. The smallest absolute Gasteiger partial charge is 0.389 e. The van der Waals surface area contributed by atoms with Crippen LogP contribution in [0.5, 0.6) is 5.88 Å². The highest BCUT2D eigenvalue weighted by molar-refractivity contribution is 6.31. The van der Waals surface area contributed by atoms with E-state index in [4.69, 9.17) is 16.3 Å². The van der Waals surface area contributed by atoms with Crippen LogP contribution < -0.4 is 15.0 Å². The second-order valence-corrected chi connectivity index (χ2v) is 8.06. The van der Waals surface area contributed by atoms with E-state index in [9.17, 15) is 18.4 Å².